The fourth-order valence-electron chi connectivity index (χ4n) is 3.67. The van der Waals surface area contributed by atoms with Crippen molar-refractivity contribution >= 4 is 7.26 Å². The van der Waals surface area contributed by atoms with Gasteiger partial charge in [-0.05, 0) is 51.4 Å². The standard InChI is InChI=1S/C28H52P/c1-5-9-13-17-21-25-29(26-22-18-14-10-6-2,27-23-19-15-11-7-3)28-24-20-16-12-8-4/h13-20H,5-12,21-28H2,1-4H3/q+1. The predicted octanol–water partition coefficient (Wildman–Crippen LogP) is 9.99. The van der Waals surface area contributed by atoms with E-state index in [4.69, 9.17) is 0 Å². The van der Waals surface area contributed by atoms with Crippen molar-refractivity contribution in [3.8, 4) is 0 Å². The van der Waals surface area contributed by atoms with Crippen LogP contribution in [0.3, 0.4) is 0 Å². The predicted molar refractivity (Wildman–Crippen MR) is 141 cm³/mol. The van der Waals surface area contributed by atoms with Crippen molar-refractivity contribution in [1.82, 2.24) is 0 Å². The van der Waals surface area contributed by atoms with Gasteiger partial charge in [0, 0.05) is 7.26 Å². The van der Waals surface area contributed by atoms with Gasteiger partial charge in [0.2, 0.25) is 0 Å². The second-order valence-electron chi connectivity index (χ2n) is 8.43. The summed E-state index contributed by atoms with van der Waals surface area (Å²) in [4.78, 5) is 0. The zero-order valence-corrected chi connectivity index (χ0v) is 21.3. The molecule has 0 saturated carbocycles. The lowest BCUT2D eigenvalue weighted by Crippen LogP contribution is -2.12. The Morgan fingerprint density at radius 3 is 0.759 bits per heavy atom. The van der Waals surface area contributed by atoms with Crippen molar-refractivity contribution in [3.63, 3.8) is 0 Å². The highest BCUT2D eigenvalue weighted by atomic mass is 31.2. The summed E-state index contributed by atoms with van der Waals surface area (Å²) in [6.07, 6.45) is 40.6. The highest BCUT2D eigenvalue weighted by molar-refractivity contribution is 7.75. The van der Waals surface area contributed by atoms with Crippen LogP contribution in [0.5, 0.6) is 0 Å². The molecule has 0 radical (unpaired) electrons. The normalized spacial score (nSPS) is 14.8. The lowest BCUT2D eigenvalue weighted by atomic mass is 10.3. The third-order valence-electron chi connectivity index (χ3n) is 5.57. The molecular weight excluding hydrogens is 367 g/mol. The van der Waals surface area contributed by atoms with Crippen molar-refractivity contribution in [2.24, 2.45) is 0 Å². The minimum atomic E-state index is -0.896. The number of hydrogen-bond donors (Lipinski definition) is 0. The summed E-state index contributed by atoms with van der Waals surface area (Å²) in [7, 11) is -0.896. The summed E-state index contributed by atoms with van der Waals surface area (Å²) < 4.78 is 0. The molecule has 0 aliphatic rings. The maximum Gasteiger partial charge on any atom is 0.0629 e. The molecule has 0 saturated heterocycles. The molecule has 0 atom stereocenters. The molecule has 29 heavy (non-hydrogen) atoms. The summed E-state index contributed by atoms with van der Waals surface area (Å²) in [5.74, 6) is 0. The Morgan fingerprint density at radius 2 is 0.552 bits per heavy atom. The molecule has 0 aromatic rings. The van der Waals surface area contributed by atoms with Crippen molar-refractivity contribution in [3.05, 3.63) is 48.6 Å². The molecule has 0 aromatic heterocycles. The fourth-order valence-corrected chi connectivity index (χ4v) is 7.80. The Bertz CT molecular complexity index is 356. The minimum Gasteiger partial charge on any atom is -0.0884 e. The Labute approximate surface area is 185 Å². The van der Waals surface area contributed by atoms with Crippen molar-refractivity contribution in [2.75, 3.05) is 24.6 Å². The van der Waals surface area contributed by atoms with Gasteiger partial charge in [-0.3, -0.25) is 0 Å². The van der Waals surface area contributed by atoms with Crippen LogP contribution in [-0.2, 0) is 0 Å². The Morgan fingerprint density at radius 1 is 0.345 bits per heavy atom. The number of allylic oxidation sites excluding steroid dienone is 8. The van der Waals surface area contributed by atoms with E-state index in [0.29, 0.717) is 0 Å². The highest BCUT2D eigenvalue weighted by Gasteiger charge is 2.34. The quantitative estimate of drug-likeness (QED) is 0.136. The van der Waals surface area contributed by atoms with Crippen LogP contribution >= 0.6 is 7.26 Å². The second kappa shape index (κ2) is 22.1. The van der Waals surface area contributed by atoms with Crippen LogP contribution in [0.2, 0.25) is 0 Å². The van der Waals surface area contributed by atoms with Gasteiger partial charge in [-0.15, -0.1) is 0 Å². The molecule has 0 fully saturated rings. The molecule has 168 valence electrons. The first-order chi connectivity index (χ1) is 14.2. The van der Waals surface area contributed by atoms with Crippen LogP contribution < -0.4 is 0 Å². The summed E-state index contributed by atoms with van der Waals surface area (Å²) in [5, 5.41) is 0. The summed E-state index contributed by atoms with van der Waals surface area (Å²) in [5.41, 5.74) is 0. The van der Waals surface area contributed by atoms with Gasteiger partial charge in [-0.2, -0.15) is 0 Å². The average Bonchev–Trinajstić information content (AvgIpc) is 2.73. The van der Waals surface area contributed by atoms with Gasteiger partial charge in [0.25, 0.3) is 0 Å². The van der Waals surface area contributed by atoms with Crippen molar-refractivity contribution < 1.29 is 0 Å². The zero-order valence-electron chi connectivity index (χ0n) is 20.4. The van der Waals surface area contributed by atoms with E-state index in [1.807, 2.05) is 0 Å². The highest BCUT2D eigenvalue weighted by Crippen LogP contribution is 2.61. The van der Waals surface area contributed by atoms with Gasteiger partial charge in [-0.1, -0.05) is 102 Å². The molecule has 0 aliphatic heterocycles. The third-order valence-corrected chi connectivity index (χ3v) is 10.4. The monoisotopic (exact) mass is 419 g/mol. The van der Waals surface area contributed by atoms with Crippen LogP contribution in [0.4, 0.5) is 0 Å². The Balaban J connectivity index is 5.04. The first kappa shape index (κ1) is 28.4. The number of hydrogen-bond acceptors (Lipinski definition) is 0. The van der Waals surface area contributed by atoms with Crippen LogP contribution in [0, 0.1) is 0 Å². The summed E-state index contributed by atoms with van der Waals surface area (Å²) >= 11 is 0. The van der Waals surface area contributed by atoms with E-state index >= 15 is 0 Å². The SMILES string of the molecule is CCCC=CCC[P+](CCC=CCCC)(CCC=CCCC)CCC=CCCC. The Kier molecular flexibility index (Phi) is 21.6. The van der Waals surface area contributed by atoms with Gasteiger partial charge < -0.3 is 0 Å². The molecule has 0 unspecified atom stereocenters. The molecule has 0 bridgehead atoms. The summed E-state index contributed by atoms with van der Waals surface area (Å²) in [6.45, 7) is 9.09. The van der Waals surface area contributed by atoms with E-state index in [-0.39, 0.29) is 0 Å². The third kappa shape index (κ3) is 17.9. The van der Waals surface area contributed by atoms with Gasteiger partial charge in [-0.25, -0.2) is 0 Å². The largest absolute Gasteiger partial charge is 0.0884 e. The molecule has 0 aromatic carbocycles. The molecule has 1 heteroatoms. The van der Waals surface area contributed by atoms with Gasteiger partial charge in [0.05, 0.1) is 24.6 Å². The topological polar surface area (TPSA) is 0 Å². The summed E-state index contributed by atoms with van der Waals surface area (Å²) in [6, 6.07) is 0. The molecule has 0 rings (SSSR count). The minimum absolute atomic E-state index is 0.896. The smallest absolute Gasteiger partial charge is 0.0629 e. The second-order valence-corrected chi connectivity index (χ2v) is 12.9. The molecule has 0 amide bonds. The number of rotatable bonds is 20. The van der Waals surface area contributed by atoms with Crippen molar-refractivity contribution in [2.45, 2.75) is 105 Å². The van der Waals surface area contributed by atoms with E-state index in [9.17, 15) is 0 Å². The lowest BCUT2D eigenvalue weighted by Gasteiger charge is -2.27. The molecule has 0 N–H and O–H groups in total. The van der Waals surface area contributed by atoms with Crippen LogP contribution in [0.15, 0.2) is 48.6 Å². The average molecular weight is 420 g/mol. The molecule has 0 spiro atoms. The van der Waals surface area contributed by atoms with Gasteiger partial charge in [0.1, 0.15) is 0 Å². The first-order valence-corrected chi connectivity index (χ1v) is 15.2. The van der Waals surface area contributed by atoms with Crippen molar-refractivity contribution in [1.29, 1.82) is 0 Å². The molecule has 0 aliphatic carbocycles. The fraction of sp³-hybridized carbons (Fsp3) is 0.714. The molecule has 0 heterocycles. The van der Waals surface area contributed by atoms with Gasteiger partial charge >= 0.3 is 0 Å². The zero-order chi connectivity index (χ0) is 21.5. The lowest BCUT2D eigenvalue weighted by molar-refractivity contribution is 0.944. The molecule has 0 nitrogen and oxygen atoms in total. The van der Waals surface area contributed by atoms with E-state index in [1.165, 1.54) is 102 Å². The Hall–Kier alpha value is -0.610. The number of unbranched alkanes of at least 4 members (excludes halogenated alkanes) is 4. The van der Waals surface area contributed by atoms with E-state index in [2.05, 4.69) is 76.3 Å². The van der Waals surface area contributed by atoms with E-state index < -0.39 is 7.26 Å². The first-order valence-electron chi connectivity index (χ1n) is 12.7. The van der Waals surface area contributed by atoms with Crippen LogP contribution in [0.1, 0.15) is 105 Å². The van der Waals surface area contributed by atoms with E-state index in [1.54, 1.807) is 0 Å². The maximum atomic E-state index is 2.48. The van der Waals surface area contributed by atoms with Crippen LogP contribution in [-0.4, -0.2) is 24.6 Å². The molecular formula is C28H52P+. The maximum absolute atomic E-state index is 2.48. The van der Waals surface area contributed by atoms with Gasteiger partial charge in [0.15, 0.2) is 0 Å². The van der Waals surface area contributed by atoms with Crippen LogP contribution in [0.25, 0.3) is 0 Å². The van der Waals surface area contributed by atoms with E-state index in [0.717, 1.165) is 0 Å².